The standard InChI is InChI=1S/C17H16O6/c1-11-4-6-13(22-11)7-9-16(18)23-14-8-5-12(17(19)21-3)10-15(14)20-2/h4-10H,1-3H3/b9-7+. The fourth-order valence-electron chi connectivity index (χ4n) is 1.83. The number of carbonyl (C=O) groups excluding carboxylic acids is 2. The van der Waals surface area contributed by atoms with Crippen LogP contribution in [-0.4, -0.2) is 26.2 Å². The molecule has 0 radical (unpaired) electrons. The predicted octanol–water partition coefficient (Wildman–Crippen LogP) is 3.00. The fraction of sp³-hybridized carbons (Fsp3) is 0.176. The van der Waals surface area contributed by atoms with Gasteiger partial charge in [0.05, 0.1) is 19.8 Å². The minimum atomic E-state index is -0.594. The van der Waals surface area contributed by atoms with E-state index in [1.165, 1.54) is 44.6 Å². The summed E-state index contributed by atoms with van der Waals surface area (Å²) < 4.78 is 20.2. The van der Waals surface area contributed by atoms with Crippen LogP contribution in [0.15, 0.2) is 40.8 Å². The average Bonchev–Trinajstić information content (AvgIpc) is 2.98. The third-order valence-corrected chi connectivity index (χ3v) is 2.94. The Morgan fingerprint density at radius 3 is 2.48 bits per heavy atom. The van der Waals surface area contributed by atoms with Crippen molar-refractivity contribution in [3.63, 3.8) is 0 Å². The number of rotatable bonds is 5. The zero-order valence-electron chi connectivity index (χ0n) is 13.0. The van der Waals surface area contributed by atoms with Crippen molar-refractivity contribution in [2.45, 2.75) is 6.92 Å². The normalized spacial score (nSPS) is 10.6. The molecule has 1 aromatic carbocycles. The van der Waals surface area contributed by atoms with E-state index in [1.807, 2.05) is 6.92 Å². The van der Waals surface area contributed by atoms with Crippen molar-refractivity contribution in [1.29, 1.82) is 0 Å². The van der Waals surface area contributed by atoms with Crippen LogP contribution in [0.5, 0.6) is 11.5 Å². The maximum atomic E-state index is 11.8. The van der Waals surface area contributed by atoms with E-state index in [4.69, 9.17) is 13.9 Å². The van der Waals surface area contributed by atoms with Crippen LogP contribution >= 0.6 is 0 Å². The molecular weight excluding hydrogens is 300 g/mol. The molecule has 0 spiro atoms. The van der Waals surface area contributed by atoms with E-state index in [-0.39, 0.29) is 11.5 Å². The van der Waals surface area contributed by atoms with Gasteiger partial charge in [-0.1, -0.05) is 0 Å². The fourth-order valence-corrected chi connectivity index (χ4v) is 1.83. The molecule has 0 aliphatic carbocycles. The van der Waals surface area contributed by atoms with Crippen LogP contribution in [0.4, 0.5) is 0 Å². The largest absolute Gasteiger partial charge is 0.493 e. The first-order chi connectivity index (χ1) is 11.0. The Labute approximate surface area is 133 Å². The highest BCUT2D eigenvalue weighted by Gasteiger charge is 2.13. The van der Waals surface area contributed by atoms with Gasteiger partial charge in [0.2, 0.25) is 0 Å². The summed E-state index contributed by atoms with van der Waals surface area (Å²) in [6.45, 7) is 1.81. The average molecular weight is 316 g/mol. The zero-order chi connectivity index (χ0) is 16.8. The summed E-state index contributed by atoms with van der Waals surface area (Å²) in [5.74, 6) is 0.650. The highest BCUT2D eigenvalue weighted by molar-refractivity contribution is 5.91. The summed E-state index contributed by atoms with van der Waals surface area (Å²) in [5, 5.41) is 0. The van der Waals surface area contributed by atoms with Gasteiger partial charge in [-0.2, -0.15) is 0 Å². The Morgan fingerprint density at radius 1 is 1.09 bits per heavy atom. The van der Waals surface area contributed by atoms with Crippen molar-refractivity contribution in [2.24, 2.45) is 0 Å². The molecule has 0 fully saturated rings. The predicted molar refractivity (Wildman–Crippen MR) is 82.4 cm³/mol. The molecule has 23 heavy (non-hydrogen) atoms. The van der Waals surface area contributed by atoms with Gasteiger partial charge >= 0.3 is 11.9 Å². The molecule has 2 aromatic rings. The van der Waals surface area contributed by atoms with Crippen LogP contribution < -0.4 is 9.47 Å². The van der Waals surface area contributed by atoms with Crippen molar-refractivity contribution in [3.8, 4) is 11.5 Å². The monoisotopic (exact) mass is 316 g/mol. The van der Waals surface area contributed by atoms with Crippen molar-refractivity contribution in [1.82, 2.24) is 0 Å². The third kappa shape index (κ3) is 4.23. The van der Waals surface area contributed by atoms with Crippen LogP contribution in [0, 0.1) is 6.92 Å². The number of esters is 2. The molecule has 0 unspecified atom stereocenters. The van der Waals surface area contributed by atoms with Gasteiger partial charge in [-0.05, 0) is 43.3 Å². The highest BCUT2D eigenvalue weighted by atomic mass is 16.6. The molecule has 2 rings (SSSR count). The molecule has 120 valence electrons. The zero-order valence-corrected chi connectivity index (χ0v) is 13.0. The number of aryl methyl sites for hydroxylation is 1. The van der Waals surface area contributed by atoms with Gasteiger partial charge in [0, 0.05) is 6.08 Å². The molecule has 1 aromatic heterocycles. The lowest BCUT2D eigenvalue weighted by atomic mass is 10.2. The lowest BCUT2D eigenvalue weighted by molar-refractivity contribution is -0.129. The second-order valence-corrected chi connectivity index (χ2v) is 4.56. The summed E-state index contributed by atoms with van der Waals surface area (Å²) in [6, 6.07) is 7.92. The molecule has 6 nitrogen and oxygen atoms in total. The van der Waals surface area contributed by atoms with Gasteiger partial charge in [0.1, 0.15) is 11.5 Å². The quantitative estimate of drug-likeness (QED) is 0.479. The first kappa shape index (κ1) is 16.4. The number of methoxy groups -OCH3 is 2. The molecule has 0 saturated carbocycles. The second-order valence-electron chi connectivity index (χ2n) is 4.56. The molecule has 0 amide bonds. The maximum Gasteiger partial charge on any atom is 0.337 e. The van der Waals surface area contributed by atoms with E-state index in [1.54, 1.807) is 12.1 Å². The summed E-state index contributed by atoms with van der Waals surface area (Å²) in [6.07, 6.45) is 2.75. The highest BCUT2D eigenvalue weighted by Crippen LogP contribution is 2.28. The number of furan rings is 1. The molecule has 1 heterocycles. The van der Waals surface area contributed by atoms with E-state index in [0.717, 1.165) is 5.76 Å². The Morgan fingerprint density at radius 2 is 1.87 bits per heavy atom. The molecule has 0 N–H and O–H groups in total. The Kier molecular flexibility index (Phi) is 5.19. The summed E-state index contributed by atoms with van der Waals surface area (Å²) in [4.78, 5) is 23.3. The Bertz CT molecular complexity index is 741. The van der Waals surface area contributed by atoms with Gasteiger partial charge < -0.3 is 18.6 Å². The van der Waals surface area contributed by atoms with E-state index in [2.05, 4.69) is 4.74 Å². The van der Waals surface area contributed by atoms with Gasteiger partial charge in [-0.3, -0.25) is 0 Å². The molecule has 0 atom stereocenters. The maximum absolute atomic E-state index is 11.8. The number of benzene rings is 1. The van der Waals surface area contributed by atoms with Gasteiger partial charge in [0.15, 0.2) is 11.5 Å². The van der Waals surface area contributed by atoms with Crippen LogP contribution in [0.1, 0.15) is 21.9 Å². The SMILES string of the molecule is COC(=O)c1ccc(OC(=O)/C=C/c2ccc(C)o2)c(OC)c1. The van der Waals surface area contributed by atoms with E-state index in [9.17, 15) is 9.59 Å². The van der Waals surface area contributed by atoms with Gasteiger partial charge in [-0.15, -0.1) is 0 Å². The van der Waals surface area contributed by atoms with Crippen LogP contribution in [0.25, 0.3) is 6.08 Å². The second kappa shape index (κ2) is 7.31. The van der Waals surface area contributed by atoms with E-state index >= 15 is 0 Å². The topological polar surface area (TPSA) is 75.0 Å². The van der Waals surface area contributed by atoms with Crippen molar-refractivity contribution in [2.75, 3.05) is 14.2 Å². The van der Waals surface area contributed by atoms with Crippen molar-refractivity contribution >= 4 is 18.0 Å². The van der Waals surface area contributed by atoms with Crippen LogP contribution in [-0.2, 0) is 9.53 Å². The number of hydrogen-bond donors (Lipinski definition) is 0. The van der Waals surface area contributed by atoms with Gasteiger partial charge in [-0.25, -0.2) is 9.59 Å². The molecule has 0 saturated heterocycles. The van der Waals surface area contributed by atoms with E-state index < -0.39 is 11.9 Å². The molecule has 0 aliphatic heterocycles. The smallest absolute Gasteiger partial charge is 0.337 e. The first-order valence-electron chi connectivity index (χ1n) is 6.76. The van der Waals surface area contributed by atoms with Gasteiger partial charge in [0.25, 0.3) is 0 Å². The number of ether oxygens (including phenoxy) is 3. The Hall–Kier alpha value is -3.02. The Balaban J connectivity index is 2.11. The third-order valence-electron chi connectivity index (χ3n) is 2.94. The van der Waals surface area contributed by atoms with Crippen molar-refractivity contribution in [3.05, 3.63) is 53.5 Å². The summed E-state index contributed by atoms with van der Waals surface area (Å²) >= 11 is 0. The summed E-state index contributed by atoms with van der Waals surface area (Å²) in [5.41, 5.74) is 0.297. The minimum Gasteiger partial charge on any atom is -0.493 e. The lowest BCUT2D eigenvalue weighted by Gasteiger charge is -2.09. The molecule has 6 heteroatoms. The number of carbonyl (C=O) groups is 2. The molecule has 0 bridgehead atoms. The van der Waals surface area contributed by atoms with Crippen molar-refractivity contribution < 1.29 is 28.2 Å². The van der Waals surface area contributed by atoms with Crippen LogP contribution in [0.3, 0.4) is 0 Å². The van der Waals surface area contributed by atoms with Crippen LogP contribution in [0.2, 0.25) is 0 Å². The first-order valence-corrected chi connectivity index (χ1v) is 6.76. The minimum absolute atomic E-state index is 0.199. The molecule has 0 aliphatic rings. The lowest BCUT2D eigenvalue weighted by Crippen LogP contribution is -2.07. The summed E-state index contributed by atoms with van der Waals surface area (Å²) in [7, 11) is 2.69. The van der Waals surface area contributed by atoms with E-state index in [0.29, 0.717) is 11.3 Å². The molecular formula is C17H16O6. The number of hydrogen-bond acceptors (Lipinski definition) is 6.